The van der Waals surface area contributed by atoms with Crippen LogP contribution in [0.2, 0.25) is 0 Å². The van der Waals surface area contributed by atoms with Crippen molar-refractivity contribution in [1.82, 2.24) is 0 Å². The zero-order valence-electron chi connectivity index (χ0n) is 13.9. The zero-order chi connectivity index (χ0) is 16.8. The van der Waals surface area contributed by atoms with Crippen molar-refractivity contribution in [2.45, 2.75) is 6.61 Å². The molecule has 0 aliphatic rings. The molecule has 0 atom stereocenters. The Bertz CT molecular complexity index is 418. The van der Waals surface area contributed by atoms with Gasteiger partial charge in [-0.15, -0.1) is 0 Å². The maximum Gasteiger partial charge on any atom is 0.147 e. The average molecular weight is 326 g/mol. The molecule has 0 unspecified atom stereocenters. The molecular weight excluding hydrogens is 300 g/mol. The molecule has 1 aromatic carbocycles. The van der Waals surface area contributed by atoms with Crippen molar-refractivity contribution in [2.75, 3.05) is 54.2 Å². The van der Waals surface area contributed by atoms with E-state index in [4.69, 9.17) is 28.4 Å². The fourth-order valence-corrected chi connectivity index (χ4v) is 1.61. The Morgan fingerprint density at radius 2 is 1.52 bits per heavy atom. The highest BCUT2D eigenvalue weighted by molar-refractivity contribution is 5.26. The minimum atomic E-state index is 0.204. The predicted molar refractivity (Wildman–Crippen MR) is 86.4 cm³/mol. The molecule has 0 aromatic heterocycles. The second kappa shape index (κ2) is 13.0. The first-order valence-electron chi connectivity index (χ1n) is 7.35. The molecule has 0 saturated carbocycles. The van der Waals surface area contributed by atoms with Crippen LogP contribution in [0.25, 0.3) is 0 Å². The van der Waals surface area contributed by atoms with Crippen molar-refractivity contribution in [3.63, 3.8) is 0 Å². The van der Waals surface area contributed by atoms with Gasteiger partial charge in [0, 0.05) is 7.11 Å². The number of rotatable bonds is 14. The lowest BCUT2D eigenvalue weighted by atomic mass is 10.2. The van der Waals surface area contributed by atoms with E-state index in [2.05, 4.69) is 6.58 Å². The minimum Gasteiger partial charge on any atom is -0.497 e. The van der Waals surface area contributed by atoms with Gasteiger partial charge in [-0.1, -0.05) is 18.7 Å². The molecule has 23 heavy (non-hydrogen) atoms. The van der Waals surface area contributed by atoms with Gasteiger partial charge in [-0.2, -0.15) is 0 Å². The Morgan fingerprint density at radius 1 is 0.870 bits per heavy atom. The minimum absolute atomic E-state index is 0.204. The van der Waals surface area contributed by atoms with Gasteiger partial charge >= 0.3 is 0 Å². The van der Waals surface area contributed by atoms with Gasteiger partial charge in [-0.05, 0) is 23.3 Å². The van der Waals surface area contributed by atoms with Crippen molar-refractivity contribution < 1.29 is 28.4 Å². The van der Waals surface area contributed by atoms with Crippen molar-refractivity contribution in [1.29, 1.82) is 0 Å². The summed E-state index contributed by atoms with van der Waals surface area (Å²) in [4.78, 5) is 0. The quantitative estimate of drug-likeness (QED) is 0.297. The molecule has 0 spiro atoms. The maximum atomic E-state index is 5.43. The van der Waals surface area contributed by atoms with Crippen LogP contribution >= 0.6 is 0 Å². The Labute approximate surface area is 137 Å². The smallest absolute Gasteiger partial charge is 0.147 e. The number of ether oxygens (including phenoxy) is 6. The highest BCUT2D eigenvalue weighted by Crippen LogP contribution is 2.11. The van der Waals surface area contributed by atoms with Gasteiger partial charge < -0.3 is 28.4 Å². The molecular formula is C17H26O6. The molecule has 0 saturated heterocycles. The SMILES string of the molecule is C=C(COCOCCOC)COCOCc1ccc(OC)cc1. The van der Waals surface area contributed by atoms with Crippen molar-refractivity contribution in [3.8, 4) is 5.75 Å². The summed E-state index contributed by atoms with van der Waals surface area (Å²) in [7, 11) is 3.27. The third-order valence-corrected chi connectivity index (χ3v) is 2.81. The maximum absolute atomic E-state index is 5.43. The molecule has 1 rings (SSSR count). The predicted octanol–water partition coefficient (Wildman–Crippen LogP) is 2.38. The van der Waals surface area contributed by atoms with E-state index in [1.807, 2.05) is 24.3 Å². The Morgan fingerprint density at radius 3 is 2.13 bits per heavy atom. The zero-order valence-corrected chi connectivity index (χ0v) is 13.9. The first-order valence-corrected chi connectivity index (χ1v) is 7.35. The Hall–Kier alpha value is -1.44. The fourth-order valence-electron chi connectivity index (χ4n) is 1.61. The van der Waals surface area contributed by atoms with E-state index in [0.717, 1.165) is 16.9 Å². The van der Waals surface area contributed by atoms with Crippen molar-refractivity contribution in [3.05, 3.63) is 42.0 Å². The molecule has 0 aliphatic carbocycles. The van der Waals surface area contributed by atoms with Gasteiger partial charge in [0.2, 0.25) is 0 Å². The molecule has 0 bridgehead atoms. The second-order valence-electron chi connectivity index (χ2n) is 4.78. The molecule has 6 nitrogen and oxygen atoms in total. The van der Waals surface area contributed by atoms with E-state index >= 15 is 0 Å². The third-order valence-electron chi connectivity index (χ3n) is 2.81. The lowest BCUT2D eigenvalue weighted by molar-refractivity contribution is -0.0707. The summed E-state index contributed by atoms with van der Waals surface area (Å²) in [5.74, 6) is 0.826. The number of hydrogen-bond acceptors (Lipinski definition) is 6. The fraction of sp³-hybridized carbons (Fsp3) is 0.529. The lowest BCUT2D eigenvalue weighted by Crippen LogP contribution is -2.10. The number of methoxy groups -OCH3 is 2. The molecule has 0 fully saturated rings. The Kier molecular flexibility index (Phi) is 11.1. The van der Waals surface area contributed by atoms with Crippen LogP contribution in [0.4, 0.5) is 0 Å². The highest BCUT2D eigenvalue weighted by atomic mass is 16.7. The topological polar surface area (TPSA) is 55.4 Å². The standard InChI is InChI=1S/C17H26O6/c1-15(10-21-13-20-9-8-18-2)11-22-14-23-12-16-4-6-17(19-3)7-5-16/h4-7H,1,8-14H2,2-3H3. The molecule has 0 heterocycles. The van der Waals surface area contributed by atoms with E-state index in [0.29, 0.717) is 33.0 Å². The van der Waals surface area contributed by atoms with E-state index < -0.39 is 0 Å². The van der Waals surface area contributed by atoms with Crippen LogP contribution in [0.5, 0.6) is 5.75 Å². The average Bonchev–Trinajstić information content (AvgIpc) is 2.58. The summed E-state index contributed by atoms with van der Waals surface area (Å²) >= 11 is 0. The molecule has 0 amide bonds. The number of benzene rings is 1. The molecule has 130 valence electrons. The van der Waals surface area contributed by atoms with Gasteiger partial charge in [-0.25, -0.2) is 0 Å². The first-order chi connectivity index (χ1) is 11.3. The van der Waals surface area contributed by atoms with Crippen molar-refractivity contribution in [2.24, 2.45) is 0 Å². The second-order valence-corrected chi connectivity index (χ2v) is 4.78. The summed E-state index contributed by atoms with van der Waals surface area (Å²) in [6.07, 6.45) is 0. The molecule has 0 N–H and O–H groups in total. The van der Waals surface area contributed by atoms with E-state index in [9.17, 15) is 0 Å². The van der Waals surface area contributed by atoms with Crippen LogP contribution in [-0.4, -0.2) is 54.2 Å². The van der Waals surface area contributed by atoms with Crippen LogP contribution in [0.1, 0.15) is 5.56 Å². The van der Waals surface area contributed by atoms with Gasteiger partial charge in [0.25, 0.3) is 0 Å². The van der Waals surface area contributed by atoms with Gasteiger partial charge in [0.05, 0.1) is 40.1 Å². The lowest BCUT2D eigenvalue weighted by Gasteiger charge is -2.09. The highest BCUT2D eigenvalue weighted by Gasteiger charge is 1.98. The van der Waals surface area contributed by atoms with Crippen LogP contribution < -0.4 is 4.74 Å². The largest absolute Gasteiger partial charge is 0.497 e. The molecule has 0 radical (unpaired) electrons. The van der Waals surface area contributed by atoms with Gasteiger partial charge in [-0.3, -0.25) is 0 Å². The van der Waals surface area contributed by atoms with Crippen LogP contribution in [0.3, 0.4) is 0 Å². The van der Waals surface area contributed by atoms with Crippen LogP contribution in [0, 0.1) is 0 Å². The Balaban J connectivity index is 1.96. The van der Waals surface area contributed by atoms with E-state index in [1.165, 1.54) is 0 Å². The summed E-state index contributed by atoms with van der Waals surface area (Å²) in [6.45, 7) is 6.62. The van der Waals surface area contributed by atoms with Gasteiger partial charge in [0.15, 0.2) is 0 Å². The normalized spacial score (nSPS) is 10.7. The van der Waals surface area contributed by atoms with Gasteiger partial charge in [0.1, 0.15) is 19.3 Å². The van der Waals surface area contributed by atoms with Crippen LogP contribution in [0.15, 0.2) is 36.4 Å². The monoisotopic (exact) mass is 326 g/mol. The van der Waals surface area contributed by atoms with Crippen molar-refractivity contribution >= 4 is 0 Å². The first kappa shape index (κ1) is 19.6. The summed E-state index contributed by atoms with van der Waals surface area (Å²) in [6, 6.07) is 7.70. The summed E-state index contributed by atoms with van der Waals surface area (Å²) in [5.41, 5.74) is 1.89. The third kappa shape index (κ3) is 10.0. The molecule has 0 aliphatic heterocycles. The summed E-state index contributed by atoms with van der Waals surface area (Å²) in [5, 5.41) is 0. The van der Waals surface area contributed by atoms with E-state index in [1.54, 1.807) is 14.2 Å². The number of hydrogen-bond donors (Lipinski definition) is 0. The summed E-state index contributed by atoms with van der Waals surface area (Å²) < 4.78 is 31.2. The molecule has 6 heteroatoms. The van der Waals surface area contributed by atoms with E-state index in [-0.39, 0.29) is 13.6 Å². The molecule has 1 aromatic rings. The van der Waals surface area contributed by atoms with Crippen LogP contribution in [-0.2, 0) is 30.3 Å².